The molecule has 0 aliphatic carbocycles. The first-order valence-corrected chi connectivity index (χ1v) is 11.9. The summed E-state index contributed by atoms with van der Waals surface area (Å²) in [6.45, 7) is 0.552. The highest BCUT2D eigenvalue weighted by atomic mass is 19.1. The largest absolute Gasteiger partial charge is 0.365 e. The lowest BCUT2D eigenvalue weighted by Crippen LogP contribution is -2.34. The lowest BCUT2D eigenvalue weighted by molar-refractivity contribution is -0.121. The van der Waals surface area contributed by atoms with E-state index in [4.69, 9.17) is 0 Å². The normalized spacial score (nSPS) is 10.9. The molecule has 3 N–H and O–H groups in total. The van der Waals surface area contributed by atoms with Crippen LogP contribution >= 0.6 is 0 Å². The molecule has 0 bridgehead atoms. The molecule has 0 spiro atoms. The Labute approximate surface area is 212 Å². The predicted octanol–water partition coefficient (Wildman–Crippen LogP) is 3.90. The van der Waals surface area contributed by atoms with Gasteiger partial charge >= 0.3 is 0 Å². The summed E-state index contributed by atoms with van der Waals surface area (Å²) in [6.07, 6.45) is 5.63. The number of nitrogens with one attached hydrogen (secondary N) is 3. The zero-order valence-electron chi connectivity index (χ0n) is 19.9. The van der Waals surface area contributed by atoms with Crippen LogP contribution in [0.2, 0.25) is 0 Å². The average molecular weight is 497 g/mol. The first-order valence-electron chi connectivity index (χ1n) is 11.9. The number of halogens is 1. The molecule has 186 valence electrons. The van der Waals surface area contributed by atoms with E-state index in [2.05, 4.69) is 25.6 Å². The van der Waals surface area contributed by atoms with Crippen molar-refractivity contribution in [1.82, 2.24) is 24.8 Å². The molecule has 0 radical (unpaired) electrons. The number of fused-ring (bicyclic) bond motifs is 1. The van der Waals surface area contributed by atoms with Gasteiger partial charge in [-0.3, -0.25) is 19.1 Å². The molecule has 5 rings (SSSR count). The Balaban J connectivity index is 1.32. The molecule has 1 amide bonds. The topological polar surface area (TPSA) is 105 Å². The molecular formula is C28H25FN6O2. The minimum atomic E-state index is -0.396. The Bertz CT molecular complexity index is 1550. The van der Waals surface area contributed by atoms with E-state index in [1.165, 1.54) is 16.7 Å². The molecule has 3 heterocycles. The Hall–Kier alpha value is -4.79. The minimum Gasteiger partial charge on any atom is -0.365 e. The predicted molar refractivity (Wildman–Crippen MR) is 140 cm³/mol. The van der Waals surface area contributed by atoms with Crippen molar-refractivity contribution in [3.8, 4) is 11.3 Å². The monoisotopic (exact) mass is 496 g/mol. The van der Waals surface area contributed by atoms with Crippen molar-refractivity contribution in [3.63, 3.8) is 0 Å². The molecule has 0 aliphatic heterocycles. The maximum atomic E-state index is 13.4. The molecule has 0 saturated heterocycles. The van der Waals surface area contributed by atoms with E-state index < -0.39 is 5.56 Å². The van der Waals surface area contributed by atoms with Crippen LogP contribution < -0.4 is 16.2 Å². The number of aromatic amines is 1. The fourth-order valence-electron chi connectivity index (χ4n) is 4.10. The molecule has 2 aromatic carbocycles. The number of aromatic nitrogens is 4. The third-order valence-electron chi connectivity index (χ3n) is 6.00. The Morgan fingerprint density at radius 3 is 2.62 bits per heavy atom. The quantitative estimate of drug-likeness (QED) is 0.287. The summed E-state index contributed by atoms with van der Waals surface area (Å²) < 4.78 is 14.6. The van der Waals surface area contributed by atoms with E-state index in [1.807, 2.05) is 42.5 Å². The van der Waals surface area contributed by atoms with Gasteiger partial charge in [-0.25, -0.2) is 9.37 Å². The van der Waals surface area contributed by atoms with Crippen molar-refractivity contribution >= 4 is 22.6 Å². The molecule has 0 saturated carbocycles. The number of nitrogens with zero attached hydrogens (tertiary/aromatic N) is 3. The van der Waals surface area contributed by atoms with E-state index in [9.17, 15) is 14.0 Å². The third kappa shape index (κ3) is 5.72. The number of anilines is 1. The Kier molecular flexibility index (Phi) is 7.02. The molecule has 0 unspecified atom stereocenters. The summed E-state index contributed by atoms with van der Waals surface area (Å²) in [5, 5.41) is 6.90. The number of pyridine rings is 1. The SMILES string of the molecule is O=C(Cn1c(-c2ccccc2)cnc(NCCc2ccc(F)cc2)c1=O)NCc1cc2cnccc2[nH]1. The van der Waals surface area contributed by atoms with Gasteiger partial charge in [0.15, 0.2) is 5.82 Å². The van der Waals surface area contributed by atoms with Gasteiger partial charge in [0, 0.05) is 35.5 Å². The lowest BCUT2D eigenvalue weighted by Gasteiger charge is -2.15. The summed E-state index contributed by atoms with van der Waals surface area (Å²) in [7, 11) is 0. The van der Waals surface area contributed by atoms with Gasteiger partial charge in [0.2, 0.25) is 5.91 Å². The number of carbonyl (C=O) groups is 1. The summed E-state index contributed by atoms with van der Waals surface area (Å²) in [6, 6.07) is 19.4. The lowest BCUT2D eigenvalue weighted by atomic mass is 10.1. The zero-order valence-corrected chi connectivity index (χ0v) is 19.9. The van der Waals surface area contributed by atoms with Gasteiger partial charge in [-0.1, -0.05) is 42.5 Å². The van der Waals surface area contributed by atoms with E-state index in [0.717, 1.165) is 27.7 Å². The maximum Gasteiger partial charge on any atom is 0.294 e. The number of hydrogen-bond donors (Lipinski definition) is 3. The number of benzene rings is 2. The van der Waals surface area contributed by atoms with Crippen molar-refractivity contribution in [3.05, 3.63) is 113 Å². The number of hydrogen-bond acceptors (Lipinski definition) is 5. The maximum absolute atomic E-state index is 13.4. The van der Waals surface area contributed by atoms with Crippen LogP contribution in [0.15, 0.2) is 90.1 Å². The Morgan fingerprint density at radius 1 is 1.03 bits per heavy atom. The summed E-state index contributed by atoms with van der Waals surface area (Å²) in [5.41, 5.74) is 3.63. The third-order valence-corrected chi connectivity index (χ3v) is 6.00. The van der Waals surface area contributed by atoms with E-state index >= 15 is 0 Å². The van der Waals surface area contributed by atoms with E-state index in [0.29, 0.717) is 18.7 Å². The van der Waals surface area contributed by atoms with Crippen LogP contribution in [0.3, 0.4) is 0 Å². The second kappa shape index (κ2) is 10.9. The average Bonchev–Trinajstić information content (AvgIpc) is 3.34. The number of H-pyrrole nitrogens is 1. The number of amides is 1. The highest BCUT2D eigenvalue weighted by Crippen LogP contribution is 2.18. The van der Waals surface area contributed by atoms with E-state index in [-0.39, 0.29) is 30.6 Å². The van der Waals surface area contributed by atoms with Gasteiger partial charge in [-0.05, 0) is 41.8 Å². The molecule has 0 aliphatic rings. The summed E-state index contributed by atoms with van der Waals surface area (Å²) >= 11 is 0. The number of rotatable bonds is 9. The smallest absolute Gasteiger partial charge is 0.294 e. The first kappa shape index (κ1) is 23.9. The van der Waals surface area contributed by atoms with E-state index in [1.54, 1.807) is 30.7 Å². The van der Waals surface area contributed by atoms with Crippen LogP contribution in [0.25, 0.3) is 22.2 Å². The van der Waals surface area contributed by atoms with Crippen LogP contribution in [0, 0.1) is 5.82 Å². The van der Waals surface area contributed by atoms with Crippen LogP contribution in [0.1, 0.15) is 11.3 Å². The summed E-state index contributed by atoms with van der Waals surface area (Å²) in [4.78, 5) is 38.0. The van der Waals surface area contributed by atoms with Gasteiger partial charge in [-0.2, -0.15) is 0 Å². The van der Waals surface area contributed by atoms with Crippen LogP contribution in [0.5, 0.6) is 0 Å². The van der Waals surface area contributed by atoms with Gasteiger partial charge in [0.1, 0.15) is 12.4 Å². The van der Waals surface area contributed by atoms with Crippen molar-refractivity contribution in [2.24, 2.45) is 0 Å². The van der Waals surface area contributed by atoms with Crippen LogP contribution in [0.4, 0.5) is 10.2 Å². The van der Waals surface area contributed by atoms with Crippen molar-refractivity contribution in [2.75, 3.05) is 11.9 Å². The van der Waals surface area contributed by atoms with Gasteiger partial charge in [0.25, 0.3) is 5.56 Å². The molecule has 8 nitrogen and oxygen atoms in total. The van der Waals surface area contributed by atoms with Crippen molar-refractivity contribution < 1.29 is 9.18 Å². The molecule has 0 fully saturated rings. The second-order valence-electron chi connectivity index (χ2n) is 8.59. The van der Waals surface area contributed by atoms with Gasteiger partial charge < -0.3 is 15.6 Å². The van der Waals surface area contributed by atoms with Crippen molar-refractivity contribution in [2.45, 2.75) is 19.5 Å². The Morgan fingerprint density at radius 2 is 1.84 bits per heavy atom. The second-order valence-corrected chi connectivity index (χ2v) is 8.59. The molecule has 5 aromatic rings. The molecule has 9 heteroatoms. The highest BCUT2D eigenvalue weighted by molar-refractivity contribution is 5.80. The van der Waals surface area contributed by atoms with Gasteiger partial charge in [0.05, 0.1) is 18.4 Å². The molecular weight excluding hydrogens is 471 g/mol. The molecule has 37 heavy (non-hydrogen) atoms. The fraction of sp³-hybridized carbons (Fsp3) is 0.143. The summed E-state index contributed by atoms with van der Waals surface area (Å²) in [5.74, 6) is -0.449. The zero-order chi connectivity index (χ0) is 25.6. The highest BCUT2D eigenvalue weighted by Gasteiger charge is 2.15. The molecule has 0 atom stereocenters. The van der Waals surface area contributed by atoms with Crippen LogP contribution in [-0.2, 0) is 24.3 Å². The first-order chi connectivity index (χ1) is 18.1. The van der Waals surface area contributed by atoms with Crippen molar-refractivity contribution in [1.29, 1.82) is 0 Å². The standard InChI is InChI=1S/C28H25FN6O2/c29-22-8-6-19(7-9-22)10-13-31-27-28(37)35(25(17-33-27)20-4-2-1-3-5-20)18-26(36)32-16-23-14-21-15-30-12-11-24(21)34-23/h1-9,11-12,14-15,17,34H,10,13,16,18H2,(H,31,33)(H,32,36). The molecule has 3 aromatic heterocycles. The van der Waals surface area contributed by atoms with Gasteiger partial charge in [-0.15, -0.1) is 0 Å². The minimum absolute atomic E-state index is 0.151. The number of carbonyl (C=O) groups excluding carboxylic acids is 1. The fourth-order valence-corrected chi connectivity index (χ4v) is 4.10. The van der Waals surface area contributed by atoms with Crippen LogP contribution in [-0.4, -0.2) is 32.0 Å².